The van der Waals surface area contributed by atoms with Gasteiger partial charge < -0.3 is 4.90 Å². The van der Waals surface area contributed by atoms with E-state index in [0.717, 1.165) is 19.0 Å². The van der Waals surface area contributed by atoms with Crippen molar-refractivity contribution in [1.82, 2.24) is 4.90 Å². The summed E-state index contributed by atoms with van der Waals surface area (Å²) >= 11 is 0. The van der Waals surface area contributed by atoms with Gasteiger partial charge in [0.2, 0.25) is 0 Å². The number of nitrogens with zero attached hydrogens (tertiary/aromatic N) is 1. The topological polar surface area (TPSA) is 3.24 Å². The van der Waals surface area contributed by atoms with Crippen molar-refractivity contribution in [3.8, 4) is 0 Å². The summed E-state index contributed by atoms with van der Waals surface area (Å²) in [7, 11) is 0. The van der Waals surface area contributed by atoms with E-state index in [0.29, 0.717) is 12.0 Å². The van der Waals surface area contributed by atoms with Gasteiger partial charge in [0.1, 0.15) is 5.67 Å². The highest BCUT2D eigenvalue weighted by atomic mass is 19.1. The molecule has 0 atom stereocenters. The molecule has 0 amide bonds. The number of piperidine rings is 1. The largest absolute Gasteiger partial charge is 0.300 e. The Hall–Kier alpha value is -0.110. The van der Waals surface area contributed by atoms with Crippen molar-refractivity contribution >= 4 is 0 Å². The minimum atomic E-state index is -1.05. The van der Waals surface area contributed by atoms with Gasteiger partial charge in [0.05, 0.1) is 0 Å². The van der Waals surface area contributed by atoms with Gasteiger partial charge in [-0.05, 0) is 51.1 Å². The Morgan fingerprint density at radius 2 is 1.53 bits per heavy atom. The molecule has 1 nitrogen and oxygen atoms in total. The quantitative estimate of drug-likeness (QED) is 0.681. The Morgan fingerprint density at radius 3 is 1.87 bits per heavy atom. The van der Waals surface area contributed by atoms with Crippen LogP contribution in [0.5, 0.6) is 0 Å². The summed E-state index contributed by atoms with van der Waals surface area (Å²) in [6, 6.07) is 0. The number of rotatable bonds is 2. The normalized spacial score (nSPS) is 22.0. The standard InChI is InChI=1S/C13H26FN/c1-12(2,3)11-6-8-15(9-7-11)10-13(4,5)14/h11H,6-10H2,1-5H3. The molecular weight excluding hydrogens is 189 g/mol. The van der Waals surface area contributed by atoms with E-state index in [1.807, 2.05) is 0 Å². The minimum absolute atomic E-state index is 0.414. The molecule has 1 aliphatic heterocycles. The maximum Gasteiger partial charge on any atom is 0.118 e. The Labute approximate surface area is 94.0 Å². The predicted molar refractivity (Wildman–Crippen MR) is 63.8 cm³/mol. The van der Waals surface area contributed by atoms with E-state index in [1.165, 1.54) is 12.8 Å². The van der Waals surface area contributed by atoms with Gasteiger partial charge in [-0.15, -0.1) is 0 Å². The summed E-state index contributed by atoms with van der Waals surface area (Å²) in [5.41, 5.74) is -0.633. The molecule has 0 spiro atoms. The molecule has 15 heavy (non-hydrogen) atoms. The highest BCUT2D eigenvalue weighted by molar-refractivity contribution is 4.83. The molecule has 1 saturated heterocycles. The van der Waals surface area contributed by atoms with Crippen molar-refractivity contribution < 1.29 is 4.39 Å². The van der Waals surface area contributed by atoms with Crippen LogP contribution in [0.3, 0.4) is 0 Å². The van der Waals surface area contributed by atoms with Gasteiger partial charge in [-0.2, -0.15) is 0 Å². The molecular formula is C13H26FN. The Bertz CT molecular complexity index is 192. The lowest BCUT2D eigenvalue weighted by atomic mass is 9.75. The van der Waals surface area contributed by atoms with Crippen LogP contribution in [-0.4, -0.2) is 30.2 Å². The first-order valence-electron chi connectivity index (χ1n) is 6.10. The first-order valence-corrected chi connectivity index (χ1v) is 6.10. The predicted octanol–water partition coefficient (Wildman–Crippen LogP) is 3.49. The van der Waals surface area contributed by atoms with Crippen LogP contribution in [0.25, 0.3) is 0 Å². The van der Waals surface area contributed by atoms with Gasteiger partial charge >= 0.3 is 0 Å². The third-order valence-electron chi connectivity index (χ3n) is 3.41. The monoisotopic (exact) mass is 215 g/mol. The maximum atomic E-state index is 13.5. The SMILES string of the molecule is CC(C)(F)CN1CCC(C(C)(C)C)CC1. The lowest BCUT2D eigenvalue weighted by Crippen LogP contribution is -2.43. The molecule has 0 aromatic heterocycles. The van der Waals surface area contributed by atoms with E-state index in [9.17, 15) is 4.39 Å². The van der Waals surface area contributed by atoms with Crippen molar-refractivity contribution in [1.29, 1.82) is 0 Å². The molecule has 0 aromatic carbocycles. The van der Waals surface area contributed by atoms with E-state index >= 15 is 0 Å². The van der Waals surface area contributed by atoms with E-state index in [-0.39, 0.29) is 0 Å². The van der Waals surface area contributed by atoms with E-state index in [4.69, 9.17) is 0 Å². The summed E-state index contributed by atoms with van der Waals surface area (Å²) in [4.78, 5) is 2.27. The number of hydrogen-bond acceptors (Lipinski definition) is 1. The molecule has 1 rings (SSSR count). The van der Waals surface area contributed by atoms with Gasteiger partial charge in [0.15, 0.2) is 0 Å². The fourth-order valence-electron chi connectivity index (χ4n) is 2.49. The van der Waals surface area contributed by atoms with Crippen LogP contribution in [0.15, 0.2) is 0 Å². The summed E-state index contributed by atoms with van der Waals surface area (Å²) in [5.74, 6) is 0.802. The van der Waals surface area contributed by atoms with Crippen LogP contribution in [0.2, 0.25) is 0 Å². The number of likely N-dealkylation sites (tertiary alicyclic amines) is 1. The second-order valence-corrected chi connectivity index (χ2v) is 6.64. The zero-order chi connectivity index (χ0) is 11.7. The third kappa shape index (κ3) is 4.50. The molecule has 2 heteroatoms. The van der Waals surface area contributed by atoms with Crippen LogP contribution in [-0.2, 0) is 0 Å². The average Bonchev–Trinajstić information content (AvgIpc) is 2.00. The van der Waals surface area contributed by atoms with Gasteiger partial charge in [0.25, 0.3) is 0 Å². The van der Waals surface area contributed by atoms with E-state index < -0.39 is 5.67 Å². The number of halogens is 1. The molecule has 1 aliphatic rings. The molecule has 0 N–H and O–H groups in total. The molecule has 0 radical (unpaired) electrons. The van der Waals surface area contributed by atoms with Crippen molar-refractivity contribution in [3.63, 3.8) is 0 Å². The first kappa shape index (κ1) is 13.0. The van der Waals surface area contributed by atoms with Crippen LogP contribution in [0.4, 0.5) is 4.39 Å². The summed E-state index contributed by atoms with van der Waals surface area (Å²) < 4.78 is 13.5. The molecule has 90 valence electrons. The molecule has 0 aromatic rings. The Kier molecular flexibility index (Phi) is 3.80. The van der Waals surface area contributed by atoms with Gasteiger partial charge in [0, 0.05) is 6.54 Å². The van der Waals surface area contributed by atoms with Crippen molar-refractivity contribution in [3.05, 3.63) is 0 Å². The fraction of sp³-hybridized carbons (Fsp3) is 1.00. The molecule has 0 unspecified atom stereocenters. The molecule has 0 aliphatic carbocycles. The van der Waals surface area contributed by atoms with Crippen LogP contribution in [0, 0.1) is 11.3 Å². The highest BCUT2D eigenvalue weighted by Crippen LogP contribution is 2.34. The maximum absolute atomic E-state index is 13.5. The lowest BCUT2D eigenvalue weighted by molar-refractivity contribution is 0.0678. The smallest absolute Gasteiger partial charge is 0.118 e. The first-order chi connectivity index (χ1) is 6.68. The molecule has 1 heterocycles. The number of alkyl halides is 1. The minimum Gasteiger partial charge on any atom is -0.300 e. The summed E-state index contributed by atoms with van der Waals surface area (Å²) in [5, 5.41) is 0. The molecule has 0 bridgehead atoms. The van der Waals surface area contributed by atoms with Gasteiger partial charge in [-0.25, -0.2) is 4.39 Å². The highest BCUT2D eigenvalue weighted by Gasteiger charge is 2.30. The Balaban J connectivity index is 2.37. The van der Waals surface area contributed by atoms with E-state index in [2.05, 4.69) is 25.7 Å². The lowest BCUT2D eigenvalue weighted by Gasteiger charge is -2.40. The van der Waals surface area contributed by atoms with Crippen LogP contribution >= 0.6 is 0 Å². The molecule has 1 fully saturated rings. The third-order valence-corrected chi connectivity index (χ3v) is 3.41. The van der Waals surface area contributed by atoms with Crippen molar-refractivity contribution in [2.75, 3.05) is 19.6 Å². The molecule has 0 saturated carbocycles. The van der Waals surface area contributed by atoms with Crippen molar-refractivity contribution in [2.24, 2.45) is 11.3 Å². The number of hydrogen-bond donors (Lipinski definition) is 0. The second-order valence-electron chi connectivity index (χ2n) is 6.64. The zero-order valence-electron chi connectivity index (χ0n) is 10.9. The average molecular weight is 215 g/mol. The Morgan fingerprint density at radius 1 is 1.07 bits per heavy atom. The van der Waals surface area contributed by atoms with Crippen LogP contribution in [0.1, 0.15) is 47.5 Å². The van der Waals surface area contributed by atoms with E-state index in [1.54, 1.807) is 13.8 Å². The zero-order valence-corrected chi connectivity index (χ0v) is 10.9. The summed E-state index contributed by atoms with van der Waals surface area (Å²) in [6.45, 7) is 13.0. The second kappa shape index (κ2) is 4.40. The van der Waals surface area contributed by atoms with Gasteiger partial charge in [-0.3, -0.25) is 0 Å². The summed E-state index contributed by atoms with van der Waals surface area (Å²) in [6.07, 6.45) is 2.44. The van der Waals surface area contributed by atoms with Gasteiger partial charge in [-0.1, -0.05) is 20.8 Å². The fourth-order valence-corrected chi connectivity index (χ4v) is 2.49. The van der Waals surface area contributed by atoms with Crippen LogP contribution < -0.4 is 0 Å². The van der Waals surface area contributed by atoms with Crippen molar-refractivity contribution in [2.45, 2.75) is 53.1 Å².